The van der Waals surface area contributed by atoms with Crippen molar-refractivity contribution in [2.24, 2.45) is 0 Å². The normalized spacial score (nSPS) is 10.0. The molecular formula is C17H15N3O9. The summed E-state index contributed by atoms with van der Waals surface area (Å²) in [6, 6.07) is 7.43. The van der Waals surface area contributed by atoms with Gasteiger partial charge in [-0.1, -0.05) is 12.1 Å². The molecule has 2 aromatic rings. The van der Waals surface area contributed by atoms with E-state index in [1.54, 1.807) is 0 Å². The SMILES string of the molecule is COc1cc(C(=O)OCC(=O)Nc2ccccc2[N+](=O)[O-])c([N+](=O)[O-])cc1OC. The first kappa shape index (κ1) is 21.1. The monoisotopic (exact) mass is 405 g/mol. The Morgan fingerprint density at radius 2 is 1.55 bits per heavy atom. The van der Waals surface area contributed by atoms with Gasteiger partial charge >= 0.3 is 5.97 Å². The maximum Gasteiger partial charge on any atom is 0.345 e. The number of nitro benzene ring substituents is 2. The predicted molar refractivity (Wildman–Crippen MR) is 98.2 cm³/mol. The molecule has 1 N–H and O–H groups in total. The van der Waals surface area contributed by atoms with Crippen LogP contribution in [-0.2, 0) is 9.53 Å². The smallest absolute Gasteiger partial charge is 0.345 e. The number of nitrogens with zero attached hydrogens (tertiary/aromatic N) is 2. The summed E-state index contributed by atoms with van der Waals surface area (Å²) in [7, 11) is 2.55. The van der Waals surface area contributed by atoms with Crippen LogP contribution in [0.1, 0.15) is 10.4 Å². The van der Waals surface area contributed by atoms with E-state index >= 15 is 0 Å². The summed E-state index contributed by atoms with van der Waals surface area (Å²) in [5.74, 6) is -1.94. The Morgan fingerprint density at radius 1 is 0.966 bits per heavy atom. The van der Waals surface area contributed by atoms with Crippen LogP contribution in [0.3, 0.4) is 0 Å². The van der Waals surface area contributed by atoms with Gasteiger partial charge in [-0.05, 0) is 6.07 Å². The van der Waals surface area contributed by atoms with Crippen molar-refractivity contribution in [2.45, 2.75) is 0 Å². The summed E-state index contributed by atoms with van der Waals surface area (Å²) >= 11 is 0. The fraction of sp³-hybridized carbons (Fsp3) is 0.176. The summed E-state index contributed by atoms with van der Waals surface area (Å²) in [5, 5.41) is 24.4. The lowest BCUT2D eigenvalue weighted by atomic mass is 10.1. The third kappa shape index (κ3) is 4.94. The molecule has 0 atom stereocenters. The van der Waals surface area contributed by atoms with Gasteiger partial charge in [-0.15, -0.1) is 0 Å². The minimum absolute atomic E-state index is 0.0323. The van der Waals surface area contributed by atoms with Gasteiger partial charge in [0.15, 0.2) is 18.1 Å². The fourth-order valence-electron chi connectivity index (χ4n) is 2.32. The van der Waals surface area contributed by atoms with Crippen LogP contribution in [0.15, 0.2) is 36.4 Å². The number of nitrogens with one attached hydrogen (secondary N) is 1. The lowest BCUT2D eigenvalue weighted by molar-refractivity contribution is -0.385. The highest BCUT2D eigenvalue weighted by Gasteiger charge is 2.26. The summed E-state index contributed by atoms with van der Waals surface area (Å²) in [6.45, 7) is -0.823. The van der Waals surface area contributed by atoms with E-state index in [-0.39, 0.29) is 22.9 Å². The number of carbonyl (C=O) groups excluding carboxylic acids is 2. The van der Waals surface area contributed by atoms with Gasteiger partial charge in [0.2, 0.25) is 0 Å². The molecule has 0 radical (unpaired) electrons. The van der Waals surface area contributed by atoms with E-state index in [2.05, 4.69) is 5.32 Å². The molecule has 0 unspecified atom stereocenters. The average molecular weight is 405 g/mol. The molecule has 0 fully saturated rings. The second-order valence-corrected chi connectivity index (χ2v) is 5.38. The lowest BCUT2D eigenvalue weighted by Crippen LogP contribution is -2.21. The number of carbonyl (C=O) groups is 2. The van der Waals surface area contributed by atoms with Gasteiger partial charge < -0.3 is 19.5 Å². The lowest BCUT2D eigenvalue weighted by Gasteiger charge is -2.10. The first-order valence-electron chi connectivity index (χ1n) is 7.89. The molecular weight excluding hydrogens is 390 g/mol. The topological polar surface area (TPSA) is 160 Å². The molecule has 12 nitrogen and oxygen atoms in total. The number of ether oxygens (including phenoxy) is 3. The average Bonchev–Trinajstić information content (AvgIpc) is 2.70. The molecule has 29 heavy (non-hydrogen) atoms. The highest BCUT2D eigenvalue weighted by atomic mass is 16.6. The van der Waals surface area contributed by atoms with Crippen LogP contribution in [0.25, 0.3) is 0 Å². The van der Waals surface area contributed by atoms with Crippen molar-refractivity contribution in [3.63, 3.8) is 0 Å². The molecule has 0 bridgehead atoms. The second-order valence-electron chi connectivity index (χ2n) is 5.38. The van der Waals surface area contributed by atoms with Crippen molar-refractivity contribution in [3.05, 3.63) is 62.2 Å². The molecule has 0 aliphatic heterocycles. The molecule has 0 saturated carbocycles. The predicted octanol–water partition coefficient (Wildman–Crippen LogP) is 2.32. The third-order valence-electron chi connectivity index (χ3n) is 3.63. The number of methoxy groups -OCH3 is 2. The Bertz CT molecular complexity index is 975. The van der Waals surface area contributed by atoms with E-state index in [1.807, 2.05) is 0 Å². The highest BCUT2D eigenvalue weighted by molar-refractivity contribution is 5.98. The molecule has 2 rings (SSSR count). The molecule has 0 aliphatic rings. The fourth-order valence-corrected chi connectivity index (χ4v) is 2.32. The van der Waals surface area contributed by atoms with Gasteiger partial charge in [0.05, 0.1) is 30.1 Å². The Labute approximate surface area is 163 Å². The number of nitro groups is 2. The van der Waals surface area contributed by atoms with Crippen molar-refractivity contribution in [3.8, 4) is 11.5 Å². The first-order chi connectivity index (χ1) is 13.8. The third-order valence-corrected chi connectivity index (χ3v) is 3.63. The van der Waals surface area contributed by atoms with Gasteiger partial charge in [-0.25, -0.2) is 4.79 Å². The van der Waals surface area contributed by atoms with Crippen molar-refractivity contribution in [2.75, 3.05) is 26.1 Å². The van der Waals surface area contributed by atoms with Gasteiger partial charge in [-0.2, -0.15) is 0 Å². The minimum atomic E-state index is -1.16. The van der Waals surface area contributed by atoms with E-state index < -0.39 is 39.6 Å². The summed E-state index contributed by atoms with van der Waals surface area (Å²) < 4.78 is 14.8. The van der Waals surface area contributed by atoms with E-state index in [0.717, 1.165) is 12.1 Å². The molecule has 1 amide bonds. The van der Waals surface area contributed by atoms with Crippen LogP contribution in [-0.4, -0.2) is 42.5 Å². The summed E-state index contributed by atoms with van der Waals surface area (Å²) in [4.78, 5) is 44.9. The molecule has 152 valence electrons. The van der Waals surface area contributed by atoms with Crippen LogP contribution in [0.4, 0.5) is 17.1 Å². The maximum atomic E-state index is 12.3. The van der Waals surface area contributed by atoms with E-state index in [9.17, 15) is 29.8 Å². The number of hydrogen-bond acceptors (Lipinski definition) is 9. The number of hydrogen-bond donors (Lipinski definition) is 1. The zero-order chi connectivity index (χ0) is 21.6. The van der Waals surface area contributed by atoms with Gasteiger partial charge in [0.25, 0.3) is 17.3 Å². The van der Waals surface area contributed by atoms with Crippen molar-refractivity contribution in [1.82, 2.24) is 0 Å². The van der Waals surface area contributed by atoms with Crippen molar-refractivity contribution >= 4 is 28.9 Å². The van der Waals surface area contributed by atoms with Crippen LogP contribution < -0.4 is 14.8 Å². The number of anilines is 1. The van der Waals surface area contributed by atoms with Gasteiger partial charge in [-0.3, -0.25) is 25.0 Å². The molecule has 0 heterocycles. The zero-order valence-corrected chi connectivity index (χ0v) is 15.2. The Morgan fingerprint density at radius 3 is 2.14 bits per heavy atom. The Kier molecular flexibility index (Phi) is 6.63. The molecule has 12 heteroatoms. The molecule has 0 saturated heterocycles. The molecule has 2 aromatic carbocycles. The Hall–Kier alpha value is -4.22. The van der Waals surface area contributed by atoms with Crippen LogP contribution in [0, 0.1) is 20.2 Å². The summed E-state index contributed by atoms with van der Waals surface area (Å²) in [5.41, 5.74) is -1.49. The maximum absolute atomic E-state index is 12.3. The van der Waals surface area contributed by atoms with Crippen molar-refractivity contribution in [1.29, 1.82) is 0 Å². The number of para-hydroxylation sites is 2. The van der Waals surface area contributed by atoms with Crippen molar-refractivity contribution < 1.29 is 33.6 Å². The van der Waals surface area contributed by atoms with Crippen LogP contribution in [0.5, 0.6) is 11.5 Å². The standard InChI is InChI=1S/C17H15N3O9/c1-27-14-7-10(13(20(25)26)8-15(14)28-2)17(22)29-9-16(21)18-11-5-3-4-6-12(11)19(23)24/h3-8H,9H2,1-2H3,(H,18,21). The zero-order valence-electron chi connectivity index (χ0n) is 15.2. The molecule has 0 spiro atoms. The van der Waals surface area contributed by atoms with Gasteiger partial charge in [0, 0.05) is 12.1 Å². The Balaban J connectivity index is 2.16. The first-order valence-corrected chi connectivity index (χ1v) is 7.89. The van der Waals surface area contributed by atoms with E-state index in [4.69, 9.17) is 14.2 Å². The molecule has 0 aliphatic carbocycles. The largest absolute Gasteiger partial charge is 0.493 e. The number of benzene rings is 2. The highest BCUT2D eigenvalue weighted by Crippen LogP contribution is 2.34. The van der Waals surface area contributed by atoms with E-state index in [1.165, 1.54) is 38.5 Å². The number of rotatable bonds is 8. The molecule has 0 aromatic heterocycles. The van der Waals surface area contributed by atoms with Crippen LogP contribution >= 0.6 is 0 Å². The van der Waals surface area contributed by atoms with E-state index in [0.29, 0.717) is 0 Å². The number of esters is 1. The quantitative estimate of drug-likeness (QED) is 0.395. The minimum Gasteiger partial charge on any atom is -0.493 e. The second kappa shape index (κ2) is 9.12. The number of amides is 1. The summed E-state index contributed by atoms with van der Waals surface area (Å²) in [6.07, 6.45) is 0. The van der Waals surface area contributed by atoms with Gasteiger partial charge in [0.1, 0.15) is 11.3 Å². The van der Waals surface area contributed by atoms with Crippen LogP contribution in [0.2, 0.25) is 0 Å².